The molecule has 0 amide bonds. The molecule has 0 bridgehead atoms. The van der Waals surface area contributed by atoms with Crippen LogP contribution in [0, 0.1) is 0 Å². The molecule has 0 radical (unpaired) electrons. The van der Waals surface area contributed by atoms with Crippen LogP contribution >= 0.6 is 11.3 Å². The SMILES string of the molecule is CCOC(=O)CCCCC(N)c1csc2ccccc12. The minimum absolute atomic E-state index is 0.0494. The van der Waals surface area contributed by atoms with Crippen molar-refractivity contribution in [1.82, 2.24) is 0 Å². The van der Waals surface area contributed by atoms with Crippen molar-refractivity contribution >= 4 is 27.4 Å². The molecule has 1 aromatic carbocycles. The molecule has 1 aromatic heterocycles. The first-order valence-corrected chi connectivity index (χ1v) is 7.97. The molecule has 0 saturated carbocycles. The summed E-state index contributed by atoms with van der Waals surface area (Å²) in [6, 6.07) is 8.39. The number of esters is 1. The minimum Gasteiger partial charge on any atom is -0.466 e. The number of carbonyl (C=O) groups is 1. The molecule has 2 N–H and O–H groups in total. The number of ether oxygens (including phenoxy) is 1. The summed E-state index contributed by atoms with van der Waals surface area (Å²) in [6.07, 6.45) is 3.18. The second-order valence-corrected chi connectivity index (χ2v) is 5.76. The minimum atomic E-state index is -0.109. The lowest BCUT2D eigenvalue weighted by Crippen LogP contribution is -2.10. The molecule has 0 fully saturated rings. The summed E-state index contributed by atoms with van der Waals surface area (Å²) < 4.78 is 6.19. The van der Waals surface area contributed by atoms with E-state index in [1.807, 2.05) is 19.1 Å². The van der Waals surface area contributed by atoms with Gasteiger partial charge >= 0.3 is 5.97 Å². The average molecular weight is 291 g/mol. The smallest absolute Gasteiger partial charge is 0.305 e. The predicted octanol–water partition coefficient (Wildman–Crippen LogP) is 4.02. The molecule has 20 heavy (non-hydrogen) atoms. The van der Waals surface area contributed by atoms with Crippen molar-refractivity contribution in [3.63, 3.8) is 0 Å². The van der Waals surface area contributed by atoms with Crippen LogP contribution in [0.1, 0.15) is 44.2 Å². The fourth-order valence-corrected chi connectivity index (χ4v) is 3.33. The zero-order valence-electron chi connectivity index (χ0n) is 11.8. The quantitative estimate of drug-likeness (QED) is 0.619. The summed E-state index contributed by atoms with van der Waals surface area (Å²) in [4.78, 5) is 11.2. The molecule has 108 valence electrons. The first kappa shape index (κ1) is 15.0. The van der Waals surface area contributed by atoms with Crippen molar-refractivity contribution in [2.75, 3.05) is 6.61 Å². The van der Waals surface area contributed by atoms with Gasteiger partial charge in [0.15, 0.2) is 0 Å². The first-order chi connectivity index (χ1) is 9.72. The van der Waals surface area contributed by atoms with Crippen molar-refractivity contribution in [3.05, 3.63) is 35.2 Å². The van der Waals surface area contributed by atoms with Gasteiger partial charge in [0.1, 0.15) is 0 Å². The Balaban J connectivity index is 1.83. The number of benzene rings is 1. The molecule has 2 aromatic rings. The number of nitrogens with two attached hydrogens (primary N) is 1. The Labute approximate surface area is 123 Å². The van der Waals surface area contributed by atoms with E-state index in [9.17, 15) is 4.79 Å². The third-order valence-electron chi connectivity index (χ3n) is 3.36. The van der Waals surface area contributed by atoms with E-state index in [0.29, 0.717) is 13.0 Å². The number of hydrogen-bond acceptors (Lipinski definition) is 4. The van der Waals surface area contributed by atoms with Crippen LogP contribution in [-0.2, 0) is 9.53 Å². The zero-order chi connectivity index (χ0) is 14.4. The number of rotatable bonds is 7. The number of thiophene rings is 1. The largest absolute Gasteiger partial charge is 0.466 e. The van der Waals surface area contributed by atoms with E-state index in [-0.39, 0.29) is 12.0 Å². The monoisotopic (exact) mass is 291 g/mol. The molecule has 0 saturated heterocycles. The van der Waals surface area contributed by atoms with Gasteiger partial charge in [-0.1, -0.05) is 24.6 Å². The molecule has 0 aliphatic rings. The predicted molar refractivity (Wildman–Crippen MR) is 83.9 cm³/mol. The van der Waals surface area contributed by atoms with Crippen LogP contribution in [0.3, 0.4) is 0 Å². The molecule has 0 spiro atoms. The summed E-state index contributed by atoms with van der Waals surface area (Å²) in [5.41, 5.74) is 7.50. The standard InChI is InChI=1S/C16H21NO2S/c1-2-19-16(18)10-6-4-8-14(17)13-11-20-15-9-5-3-7-12(13)15/h3,5,7,9,11,14H,2,4,6,8,10,17H2,1H3. The van der Waals surface area contributed by atoms with Gasteiger partial charge in [-0.2, -0.15) is 0 Å². The lowest BCUT2D eigenvalue weighted by molar-refractivity contribution is -0.143. The average Bonchev–Trinajstić information content (AvgIpc) is 2.87. The summed E-state index contributed by atoms with van der Waals surface area (Å²) in [5, 5.41) is 3.41. The highest BCUT2D eigenvalue weighted by molar-refractivity contribution is 7.17. The van der Waals surface area contributed by atoms with Crippen LogP contribution in [0.15, 0.2) is 29.6 Å². The summed E-state index contributed by atoms with van der Waals surface area (Å²) in [6.45, 7) is 2.29. The van der Waals surface area contributed by atoms with E-state index in [1.54, 1.807) is 11.3 Å². The van der Waals surface area contributed by atoms with Gasteiger partial charge in [0.25, 0.3) is 0 Å². The van der Waals surface area contributed by atoms with Gasteiger partial charge in [-0.3, -0.25) is 4.79 Å². The fourth-order valence-electron chi connectivity index (χ4n) is 2.31. The van der Waals surface area contributed by atoms with Crippen LogP contribution in [0.5, 0.6) is 0 Å². The van der Waals surface area contributed by atoms with Gasteiger partial charge in [-0.15, -0.1) is 11.3 Å². The van der Waals surface area contributed by atoms with Crippen molar-refractivity contribution in [3.8, 4) is 0 Å². The van der Waals surface area contributed by atoms with E-state index in [0.717, 1.165) is 19.3 Å². The van der Waals surface area contributed by atoms with Crippen molar-refractivity contribution in [2.24, 2.45) is 5.73 Å². The van der Waals surface area contributed by atoms with Crippen LogP contribution in [0.25, 0.3) is 10.1 Å². The van der Waals surface area contributed by atoms with E-state index in [2.05, 4.69) is 17.5 Å². The third-order valence-corrected chi connectivity index (χ3v) is 4.34. The molecule has 3 nitrogen and oxygen atoms in total. The highest BCUT2D eigenvalue weighted by Crippen LogP contribution is 2.31. The van der Waals surface area contributed by atoms with Crippen LogP contribution in [0.4, 0.5) is 0 Å². The first-order valence-electron chi connectivity index (χ1n) is 7.09. The van der Waals surface area contributed by atoms with Gasteiger partial charge in [-0.25, -0.2) is 0 Å². The van der Waals surface area contributed by atoms with Gasteiger partial charge in [0.05, 0.1) is 6.61 Å². The third kappa shape index (κ3) is 3.81. The maximum Gasteiger partial charge on any atom is 0.305 e. The Morgan fingerprint density at radius 1 is 1.35 bits per heavy atom. The maximum atomic E-state index is 11.2. The van der Waals surface area contributed by atoms with Crippen molar-refractivity contribution < 1.29 is 9.53 Å². The summed E-state index contributed by atoms with van der Waals surface area (Å²) in [5.74, 6) is -0.109. The number of hydrogen-bond donors (Lipinski definition) is 1. The Kier molecular flexibility index (Phi) is 5.56. The van der Waals surface area contributed by atoms with E-state index < -0.39 is 0 Å². The molecular weight excluding hydrogens is 270 g/mol. The maximum absolute atomic E-state index is 11.2. The molecule has 2 rings (SSSR count). The fraction of sp³-hybridized carbons (Fsp3) is 0.438. The molecule has 0 aliphatic heterocycles. The van der Waals surface area contributed by atoms with Crippen LogP contribution in [0.2, 0.25) is 0 Å². The molecule has 1 atom stereocenters. The summed E-state index contributed by atoms with van der Waals surface area (Å²) >= 11 is 1.74. The normalized spacial score (nSPS) is 12.5. The number of fused-ring (bicyclic) bond motifs is 1. The van der Waals surface area contributed by atoms with Crippen LogP contribution < -0.4 is 5.73 Å². The van der Waals surface area contributed by atoms with E-state index >= 15 is 0 Å². The molecule has 4 heteroatoms. The van der Waals surface area contributed by atoms with Gasteiger partial charge < -0.3 is 10.5 Å². The van der Waals surface area contributed by atoms with E-state index in [4.69, 9.17) is 10.5 Å². The van der Waals surface area contributed by atoms with Crippen molar-refractivity contribution in [2.45, 2.75) is 38.6 Å². The Hall–Kier alpha value is -1.39. The highest BCUT2D eigenvalue weighted by atomic mass is 32.1. The zero-order valence-corrected chi connectivity index (χ0v) is 12.6. The molecule has 0 aliphatic carbocycles. The number of carbonyl (C=O) groups excluding carboxylic acids is 1. The lowest BCUT2D eigenvalue weighted by atomic mass is 10.0. The van der Waals surface area contributed by atoms with E-state index in [1.165, 1.54) is 15.6 Å². The second kappa shape index (κ2) is 7.41. The second-order valence-electron chi connectivity index (χ2n) is 4.84. The van der Waals surface area contributed by atoms with Crippen LogP contribution in [-0.4, -0.2) is 12.6 Å². The summed E-state index contributed by atoms with van der Waals surface area (Å²) in [7, 11) is 0. The van der Waals surface area contributed by atoms with Gasteiger partial charge in [0.2, 0.25) is 0 Å². The highest BCUT2D eigenvalue weighted by Gasteiger charge is 2.11. The molecular formula is C16H21NO2S. The molecule has 1 heterocycles. The van der Waals surface area contributed by atoms with Gasteiger partial charge in [0, 0.05) is 17.2 Å². The lowest BCUT2D eigenvalue weighted by Gasteiger charge is -2.10. The Morgan fingerprint density at radius 2 is 2.15 bits per heavy atom. The Bertz CT molecular complexity index is 564. The Morgan fingerprint density at radius 3 is 2.95 bits per heavy atom. The number of unbranched alkanes of at least 4 members (excludes halogenated alkanes) is 1. The van der Waals surface area contributed by atoms with Crippen molar-refractivity contribution in [1.29, 1.82) is 0 Å². The van der Waals surface area contributed by atoms with Gasteiger partial charge in [-0.05, 0) is 42.2 Å². The topological polar surface area (TPSA) is 52.3 Å². The molecule has 1 unspecified atom stereocenters.